The van der Waals surface area contributed by atoms with E-state index in [1.54, 1.807) is 12.4 Å². The Kier molecular flexibility index (Phi) is 5.23. The van der Waals surface area contributed by atoms with E-state index < -0.39 is 5.41 Å². The first-order valence-electron chi connectivity index (χ1n) is 7.31. The number of aldehydes is 1. The molecule has 3 nitrogen and oxygen atoms in total. The number of hydrogen-bond donors (Lipinski definition) is 0. The highest BCUT2D eigenvalue weighted by Crippen LogP contribution is 2.23. The first kappa shape index (κ1) is 15.4. The molecule has 0 spiro atoms. The molecule has 1 heterocycles. The molecule has 1 aromatic heterocycles. The second-order valence-electron chi connectivity index (χ2n) is 5.56. The van der Waals surface area contributed by atoms with Crippen LogP contribution in [0.25, 0.3) is 0 Å². The van der Waals surface area contributed by atoms with Crippen LogP contribution in [0.3, 0.4) is 0 Å². The Labute approximate surface area is 126 Å². The third-order valence-corrected chi connectivity index (χ3v) is 3.85. The monoisotopic (exact) mass is 282 g/mol. The van der Waals surface area contributed by atoms with Gasteiger partial charge in [0.1, 0.15) is 6.29 Å². The SMILES string of the molecule is CCN(Cc1ccncc1)CC(C)(C=O)c1ccccc1. The smallest absolute Gasteiger partial charge is 0.131 e. The van der Waals surface area contributed by atoms with Crippen LogP contribution in [-0.4, -0.2) is 29.3 Å². The predicted octanol–water partition coefficient (Wildman–Crippen LogP) is 3.06. The summed E-state index contributed by atoms with van der Waals surface area (Å²) in [5.74, 6) is 0. The standard InChI is InChI=1S/C18H22N2O/c1-3-20(13-16-9-11-19-12-10-16)14-18(2,15-21)17-7-5-4-6-8-17/h4-12,15H,3,13-14H2,1-2H3. The van der Waals surface area contributed by atoms with E-state index in [0.717, 1.165) is 24.9 Å². The third-order valence-electron chi connectivity index (χ3n) is 3.85. The number of hydrogen-bond acceptors (Lipinski definition) is 3. The molecule has 3 heteroatoms. The first-order chi connectivity index (χ1) is 10.2. The van der Waals surface area contributed by atoms with E-state index in [-0.39, 0.29) is 0 Å². The summed E-state index contributed by atoms with van der Waals surface area (Å²) in [6.45, 7) is 6.56. The van der Waals surface area contributed by atoms with Crippen LogP contribution < -0.4 is 0 Å². The minimum Gasteiger partial charge on any atom is -0.302 e. The Morgan fingerprint density at radius 1 is 1.14 bits per heavy atom. The summed E-state index contributed by atoms with van der Waals surface area (Å²) in [4.78, 5) is 18.0. The molecule has 1 atom stereocenters. The Balaban J connectivity index is 2.14. The van der Waals surface area contributed by atoms with Crippen molar-refractivity contribution in [2.75, 3.05) is 13.1 Å². The van der Waals surface area contributed by atoms with Gasteiger partial charge in [0, 0.05) is 25.5 Å². The molecule has 0 aliphatic rings. The lowest BCUT2D eigenvalue weighted by Crippen LogP contribution is -2.39. The van der Waals surface area contributed by atoms with Crippen molar-refractivity contribution >= 4 is 6.29 Å². The first-order valence-corrected chi connectivity index (χ1v) is 7.31. The summed E-state index contributed by atoms with van der Waals surface area (Å²) in [5, 5.41) is 0. The number of benzene rings is 1. The van der Waals surface area contributed by atoms with Gasteiger partial charge < -0.3 is 4.79 Å². The van der Waals surface area contributed by atoms with Crippen LogP contribution in [0.1, 0.15) is 25.0 Å². The number of rotatable bonds is 7. The lowest BCUT2D eigenvalue weighted by Gasteiger charge is -2.31. The van der Waals surface area contributed by atoms with Gasteiger partial charge in [-0.3, -0.25) is 9.88 Å². The summed E-state index contributed by atoms with van der Waals surface area (Å²) in [6.07, 6.45) is 4.68. The van der Waals surface area contributed by atoms with Crippen molar-refractivity contribution < 1.29 is 4.79 Å². The van der Waals surface area contributed by atoms with Crippen LogP contribution in [-0.2, 0) is 16.8 Å². The van der Waals surface area contributed by atoms with Gasteiger partial charge in [0.25, 0.3) is 0 Å². The molecule has 1 unspecified atom stereocenters. The van der Waals surface area contributed by atoms with Crippen LogP contribution in [0.15, 0.2) is 54.9 Å². The zero-order chi connectivity index (χ0) is 15.1. The zero-order valence-corrected chi connectivity index (χ0v) is 12.7. The predicted molar refractivity (Wildman–Crippen MR) is 85.0 cm³/mol. The van der Waals surface area contributed by atoms with E-state index in [1.165, 1.54) is 5.56 Å². The van der Waals surface area contributed by atoms with E-state index in [9.17, 15) is 4.79 Å². The molecule has 21 heavy (non-hydrogen) atoms. The molecule has 1 aromatic carbocycles. The number of pyridine rings is 1. The second-order valence-corrected chi connectivity index (χ2v) is 5.56. The zero-order valence-electron chi connectivity index (χ0n) is 12.7. The molecule has 0 fully saturated rings. The van der Waals surface area contributed by atoms with E-state index in [0.29, 0.717) is 6.54 Å². The molecule has 2 rings (SSSR count). The highest BCUT2D eigenvalue weighted by Gasteiger charge is 2.28. The van der Waals surface area contributed by atoms with Gasteiger partial charge in [0.15, 0.2) is 0 Å². The van der Waals surface area contributed by atoms with Crippen molar-refractivity contribution in [2.45, 2.75) is 25.8 Å². The normalized spacial score (nSPS) is 13.9. The third kappa shape index (κ3) is 3.99. The van der Waals surface area contributed by atoms with Gasteiger partial charge in [-0.25, -0.2) is 0 Å². The lowest BCUT2D eigenvalue weighted by molar-refractivity contribution is -0.112. The number of nitrogens with zero attached hydrogens (tertiary/aromatic N) is 2. The number of likely N-dealkylation sites (N-methyl/N-ethyl adjacent to an activating group) is 1. The van der Waals surface area contributed by atoms with Crippen LogP contribution in [0, 0.1) is 0 Å². The van der Waals surface area contributed by atoms with Crippen LogP contribution in [0.4, 0.5) is 0 Å². The molecular formula is C18H22N2O. The highest BCUT2D eigenvalue weighted by atomic mass is 16.1. The minimum atomic E-state index is -0.482. The quantitative estimate of drug-likeness (QED) is 0.732. The van der Waals surface area contributed by atoms with E-state index in [1.807, 2.05) is 49.4 Å². The van der Waals surface area contributed by atoms with Gasteiger partial charge in [-0.2, -0.15) is 0 Å². The molecule has 0 aliphatic heterocycles. The van der Waals surface area contributed by atoms with Crippen molar-refractivity contribution in [3.8, 4) is 0 Å². The maximum atomic E-state index is 11.7. The Morgan fingerprint density at radius 3 is 2.38 bits per heavy atom. The summed E-state index contributed by atoms with van der Waals surface area (Å²) in [6, 6.07) is 14.0. The number of aromatic nitrogens is 1. The molecule has 0 bridgehead atoms. The van der Waals surface area contributed by atoms with E-state index in [2.05, 4.69) is 16.8 Å². The Hall–Kier alpha value is -2.00. The van der Waals surface area contributed by atoms with Crippen molar-refractivity contribution in [2.24, 2.45) is 0 Å². The van der Waals surface area contributed by atoms with Gasteiger partial charge in [-0.05, 0) is 36.7 Å². The molecule has 0 aliphatic carbocycles. The van der Waals surface area contributed by atoms with Gasteiger partial charge >= 0.3 is 0 Å². The summed E-state index contributed by atoms with van der Waals surface area (Å²) >= 11 is 0. The van der Waals surface area contributed by atoms with Crippen molar-refractivity contribution in [3.63, 3.8) is 0 Å². The molecule has 0 saturated carbocycles. The largest absolute Gasteiger partial charge is 0.302 e. The maximum absolute atomic E-state index is 11.7. The maximum Gasteiger partial charge on any atom is 0.131 e. The highest BCUT2D eigenvalue weighted by molar-refractivity contribution is 5.68. The van der Waals surface area contributed by atoms with Gasteiger partial charge in [0.2, 0.25) is 0 Å². The number of carbonyl (C=O) groups is 1. The minimum absolute atomic E-state index is 0.482. The lowest BCUT2D eigenvalue weighted by atomic mass is 9.83. The Morgan fingerprint density at radius 2 is 1.81 bits per heavy atom. The number of carbonyl (C=O) groups excluding carboxylic acids is 1. The fourth-order valence-corrected chi connectivity index (χ4v) is 2.51. The van der Waals surface area contributed by atoms with Crippen molar-refractivity contribution in [1.29, 1.82) is 0 Å². The molecule has 0 radical (unpaired) electrons. The average Bonchev–Trinajstić information content (AvgIpc) is 2.56. The molecule has 0 saturated heterocycles. The Bertz CT molecular complexity index is 556. The van der Waals surface area contributed by atoms with Crippen molar-refractivity contribution in [1.82, 2.24) is 9.88 Å². The second kappa shape index (κ2) is 7.14. The van der Waals surface area contributed by atoms with E-state index >= 15 is 0 Å². The summed E-state index contributed by atoms with van der Waals surface area (Å²) < 4.78 is 0. The van der Waals surface area contributed by atoms with Gasteiger partial charge in [0.05, 0.1) is 5.41 Å². The van der Waals surface area contributed by atoms with Gasteiger partial charge in [-0.1, -0.05) is 37.3 Å². The van der Waals surface area contributed by atoms with E-state index in [4.69, 9.17) is 0 Å². The van der Waals surface area contributed by atoms with Crippen LogP contribution in [0.5, 0.6) is 0 Å². The topological polar surface area (TPSA) is 33.2 Å². The molecule has 2 aromatic rings. The summed E-state index contributed by atoms with van der Waals surface area (Å²) in [5.41, 5.74) is 1.80. The van der Waals surface area contributed by atoms with Gasteiger partial charge in [-0.15, -0.1) is 0 Å². The van der Waals surface area contributed by atoms with Crippen LogP contribution in [0.2, 0.25) is 0 Å². The molecule has 0 amide bonds. The molecular weight excluding hydrogens is 260 g/mol. The fraction of sp³-hybridized carbons (Fsp3) is 0.333. The van der Waals surface area contributed by atoms with Crippen molar-refractivity contribution in [3.05, 3.63) is 66.0 Å². The average molecular weight is 282 g/mol. The fourth-order valence-electron chi connectivity index (χ4n) is 2.51. The summed E-state index contributed by atoms with van der Waals surface area (Å²) in [7, 11) is 0. The van der Waals surface area contributed by atoms with Crippen LogP contribution >= 0.6 is 0 Å². The molecule has 110 valence electrons. The molecule has 0 N–H and O–H groups in total.